The third-order valence-corrected chi connectivity index (χ3v) is 11.3. The Labute approximate surface area is 319 Å². The molecule has 0 N–H and O–H groups in total. The molecule has 0 fully saturated rings. The standard InChI is InChI=1S/C53H43N/c1-36-14-18-38(19-15-36)40-22-27-44(28-23-40)54(45-29-24-41(25-30-45)39-20-16-37(2)17-21-39)46-31-33-47(50(35-46)42-10-6-5-7-11-42)43-26-32-49-48-12-8-9-13-51(48)53(3,4)52(49)34-43/h5-35H,1-4H3. The lowest BCUT2D eigenvalue weighted by Gasteiger charge is -2.27. The first-order valence-electron chi connectivity index (χ1n) is 18.9. The molecule has 1 aliphatic rings. The van der Waals surface area contributed by atoms with Gasteiger partial charge in [-0.1, -0.05) is 171 Å². The smallest absolute Gasteiger partial charge is 0.0468 e. The Morgan fingerprint density at radius 1 is 0.315 bits per heavy atom. The van der Waals surface area contributed by atoms with Gasteiger partial charge in [0.1, 0.15) is 0 Å². The lowest BCUT2D eigenvalue weighted by molar-refractivity contribution is 0.660. The average Bonchev–Trinajstić information content (AvgIpc) is 3.45. The first kappa shape index (κ1) is 33.4. The van der Waals surface area contributed by atoms with E-state index < -0.39 is 0 Å². The van der Waals surface area contributed by atoms with E-state index in [1.54, 1.807) is 0 Å². The van der Waals surface area contributed by atoms with Gasteiger partial charge >= 0.3 is 0 Å². The highest BCUT2D eigenvalue weighted by molar-refractivity contribution is 5.91. The van der Waals surface area contributed by atoms with Crippen molar-refractivity contribution in [2.75, 3.05) is 4.90 Å². The summed E-state index contributed by atoms with van der Waals surface area (Å²) in [5.74, 6) is 0. The van der Waals surface area contributed by atoms with Crippen molar-refractivity contribution < 1.29 is 0 Å². The van der Waals surface area contributed by atoms with Crippen LogP contribution in [0.3, 0.4) is 0 Å². The monoisotopic (exact) mass is 693 g/mol. The Balaban J connectivity index is 1.18. The van der Waals surface area contributed by atoms with E-state index in [2.05, 4.69) is 221 Å². The van der Waals surface area contributed by atoms with Crippen LogP contribution in [0.2, 0.25) is 0 Å². The molecule has 0 unspecified atom stereocenters. The number of aryl methyl sites for hydroxylation is 2. The molecule has 0 aromatic heterocycles. The van der Waals surface area contributed by atoms with Gasteiger partial charge in [0.25, 0.3) is 0 Å². The predicted molar refractivity (Wildman–Crippen MR) is 230 cm³/mol. The molecule has 1 heteroatoms. The van der Waals surface area contributed by atoms with Gasteiger partial charge in [0.2, 0.25) is 0 Å². The summed E-state index contributed by atoms with van der Waals surface area (Å²) in [6.45, 7) is 8.98. The van der Waals surface area contributed by atoms with Crippen LogP contribution >= 0.6 is 0 Å². The van der Waals surface area contributed by atoms with E-state index in [-0.39, 0.29) is 5.41 Å². The zero-order valence-electron chi connectivity index (χ0n) is 31.3. The molecule has 0 spiro atoms. The number of hydrogen-bond acceptors (Lipinski definition) is 1. The molecule has 0 amide bonds. The number of fused-ring (bicyclic) bond motifs is 3. The van der Waals surface area contributed by atoms with Crippen molar-refractivity contribution in [3.63, 3.8) is 0 Å². The fourth-order valence-electron chi connectivity index (χ4n) is 8.20. The summed E-state index contributed by atoms with van der Waals surface area (Å²) < 4.78 is 0. The molecule has 260 valence electrons. The van der Waals surface area contributed by atoms with Gasteiger partial charge in [-0.3, -0.25) is 0 Å². The molecule has 0 bridgehead atoms. The normalized spacial score (nSPS) is 12.6. The number of nitrogens with zero attached hydrogens (tertiary/aromatic N) is 1. The average molecular weight is 694 g/mol. The van der Waals surface area contributed by atoms with E-state index in [0.29, 0.717) is 0 Å². The van der Waals surface area contributed by atoms with Crippen LogP contribution in [-0.2, 0) is 5.41 Å². The highest BCUT2D eigenvalue weighted by Gasteiger charge is 2.35. The minimum absolute atomic E-state index is 0.0684. The van der Waals surface area contributed by atoms with E-state index >= 15 is 0 Å². The summed E-state index contributed by atoms with van der Waals surface area (Å²) in [5.41, 5.74) is 21.0. The maximum absolute atomic E-state index is 2.43. The molecular weight excluding hydrogens is 651 g/mol. The van der Waals surface area contributed by atoms with Gasteiger partial charge in [-0.05, 0) is 123 Å². The van der Waals surface area contributed by atoms with Crippen LogP contribution in [0, 0.1) is 13.8 Å². The number of anilines is 3. The van der Waals surface area contributed by atoms with Gasteiger partial charge < -0.3 is 4.90 Å². The molecule has 9 rings (SSSR count). The first-order valence-corrected chi connectivity index (χ1v) is 18.9. The molecule has 0 heterocycles. The quantitative estimate of drug-likeness (QED) is 0.161. The van der Waals surface area contributed by atoms with Crippen LogP contribution in [-0.4, -0.2) is 0 Å². The minimum Gasteiger partial charge on any atom is -0.310 e. The van der Waals surface area contributed by atoms with Gasteiger partial charge in [0, 0.05) is 22.5 Å². The molecule has 8 aromatic rings. The summed E-state index contributed by atoms with van der Waals surface area (Å²) >= 11 is 0. The van der Waals surface area contributed by atoms with Crippen LogP contribution in [0.4, 0.5) is 17.1 Å². The summed E-state index contributed by atoms with van der Waals surface area (Å²) in [7, 11) is 0. The highest BCUT2D eigenvalue weighted by Crippen LogP contribution is 2.50. The second kappa shape index (κ2) is 13.5. The third kappa shape index (κ3) is 6.02. The van der Waals surface area contributed by atoms with Gasteiger partial charge in [-0.2, -0.15) is 0 Å². The van der Waals surface area contributed by atoms with Crippen molar-refractivity contribution in [1.82, 2.24) is 0 Å². The van der Waals surface area contributed by atoms with Crippen molar-refractivity contribution in [1.29, 1.82) is 0 Å². The van der Waals surface area contributed by atoms with Gasteiger partial charge in [-0.15, -0.1) is 0 Å². The molecular formula is C53H43N. The van der Waals surface area contributed by atoms with Crippen LogP contribution in [0.5, 0.6) is 0 Å². The molecule has 0 radical (unpaired) electrons. The molecule has 0 saturated heterocycles. The lowest BCUT2D eigenvalue weighted by Crippen LogP contribution is -2.14. The van der Waals surface area contributed by atoms with Crippen molar-refractivity contribution in [3.05, 3.63) is 210 Å². The van der Waals surface area contributed by atoms with Gasteiger partial charge in [-0.25, -0.2) is 0 Å². The summed E-state index contributed by atoms with van der Waals surface area (Å²) in [6, 6.07) is 69.3. The molecule has 1 aliphatic carbocycles. The van der Waals surface area contributed by atoms with Crippen molar-refractivity contribution in [2.45, 2.75) is 33.1 Å². The summed E-state index contributed by atoms with van der Waals surface area (Å²) in [6.07, 6.45) is 0. The van der Waals surface area contributed by atoms with Crippen LogP contribution in [0.1, 0.15) is 36.1 Å². The van der Waals surface area contributed by atoms with Crippen LogP contribution in [0.15, 0.2) is 188 Å². The maximum Gasteiger partial charge on any atom is 0.0468 e. The van der Waals surface area contributed by atoms with E-state index in [9.17, 15) is 0 Å². The van der Waals surface area contributed by atoms with E-state index in [4.69, 9.17) is 0 Å². The third-order valence-electron chi connectivity index (χ3n) is 11.3. The van der Waals surface area contributed by atoms with E-state index in [1.165, 1.54) is 77.9 Å². The van der Waals surface area contributed by atoms with Crippen molar-refractivity contribution in [3.8, 4) is 55.6 Å². The molecule has 0 saturated carbocycles. The predicted octanol–water partition coefficient (Wildman–Crippen LogP) is 14.7. The number of rotatable bonds is 7. The molecule has 0 atom stereocenters. The highest BCUT2D eigenvalue weighted by atomic mass is 15.1. The summed E-state index contributed by atoms with van der Waals surface area (Å²) in [5, 5.41) is 0. The minimum atomic E-state index is -0.0684. The molecule has 8 aromatic carbocycles. The Bertz CT molecular complexity index is 2500. The molecule has 54 heavy (non-hydrogen) atoms. The Kier molecular flexibility index (Phi) is 8.36. The first-order chi connectivity index (χ1) is 26.3. The molecule has 1 nitrogen and oxygen atoms in total. The van der Waals surface area contributed by atoms with Gasteiger partial charge in [0.05, 0.1) is 0 Å². The second-order valence-electron chi connectivity index (χ2n) is 15.2. The summed E-state index contributed by atoms with van der Waals surface area (Å²) in [4.78, 5) is 2.39. The molecule has 0 aliphatic heterocycles. The topological polar surface area (TPSA) is 3.24 Å². The largest absolute Gasteiger partial charge is 0.310 e. The van der Waals surface area contributed by atoms with Crippen molar-refractivity contribution >= 4 is 17.1 Å². The second-order valence-corrected chi connectivity index (χ2v) is 15.2. The SMILES string of the molecule is Cc1ccc(-c2ccc(N(c3ccc(-c4ccc(C)cc4)cc3)c3ccc(-c4ccc5c(c4)C(C)(C)c4ccccc4-5)c(-c4ccccc4)c3)cc2)cc1. The van der Waals surface area contributed by atoms with E-state index in [1.807, 2.05) is 0 Å². The zero-order chi connectivity index (χ0) is 36.8. The fraction of sp³-hybridized carbons (Fsp3) is 0.0943. The van der Waals surface area contributed by atoms with Crippen LogP contribution < -0.4 is 4.90 Å². The zero-order valence-corrected chi connectivity index (χ0v) is 31.3. The Morgan fingerprint density at radius 3 is 1.33 bits per heavy atom. The van der Waals surface area contributed by atoms with Crippen LogP contribution in [0.25, 0.3) is 55.6 Å². The Hall–Kier alpha value is -6.44. The number of hydrogen-bond donors (Lipinski definition) is 0. The lowest BCUT2D eigenvalue weighted by atomic mass is 9.81. The number of benzene rings is 8. The maximum atomic E-state index is 2.43. The van der Waals surface area contributed by atoms with Gasteiger partial charge in [0.15, 0.2) is 0 Å². The van der Waals surface area contributed by atoms with Crippen molar-refractivity contribution in [2.24, 2.45) is 0 Å². The Morgan fingerprint density at radius 2 is 0.759 bits per heavy atom. The van der Waals surface area contributed by atoms with E-state index in [0.717, 1.165) is 17.1 Å². The fourth-order valence-corrected chi connectivity index (χ4v) is 8.20.